The molecule has 2 atom stereocenters. The fourth-order valence-electron chi connectivity index (χ4n) is 2.22. The summed E-state index contributed by atoms with van der Waals surface area (Å²) in [5.74, 6) is -1.13. The van der Waals surface area contributed by atoms with Crippen molar-refractivity contribution in [2.75, 3.05) is 12.5 Å². The second-order valence-electron chi connectivity index (χ2n) is 4.36. The zero-order chi connectivity index (χ0) is 13.3. The van der Waals surface area contributed by atoms with Crippen molar-refractivity contribution < 1.29 is 14.3 Å². The quantitative estimate of drug-likeness (QED) is 0.828. The summed E-state index contributed by atoms with van der Waals surface area (Å²) in [5.41, 5.74) is -0.441. The summed E-state index contributed by atoms with van der Waals surface area (Å²) in [6.07, 6.45) is 0.513. The third-order valence-electron chi connectivity index (χ3n) is 3.22. The standard InChI is InChI=1S/C12H12BrClFNO2/c13-8-1-2-10(15)9(3-8)12(4-7(12)6-17)16-11(18)5-14/h1-3,7,17H,4-6H2,(H,16,18)/t7-,12-/m0/s1. The number of benzene rings is 1. The van der Waals surface area contributed by atoms with Crippen LogP contribution < -0.4 is 5.32 Å². The molecular formula is C12H12BrClFNO2. The highest BCUT2D eigenvalue weighted by Gasteiger charge is 2.57. The number of aliphatic hydroxyl groups is 1. The number of carbonyl (C=O) groups is 1. The fraction of sp³-hybridized carbons (Fsp3) is 0.417. The molecular weight excluding hydrogens is 324 g/mol. The van der Waals surface area contributed by atoms with Crippen LogP contribution in [-0.4, -0.2) is 23.5 Å². The second kappa shape index (κ2) is 5.15. The molecule has 2 rings (SSSR count). The van der Waals surface area contributed by atoms with Gasteiger partial charge in [-0.25, -0.2) is 4.39 Å². The normalized spacial score (nSPS) is 25.9. The van der Waals surface area contributed by atoms with Gasteiger partial charge in [0.05, 0.1) is 5.54 Å². The average Bonchev–Trinajstić information content (AvgIpc) is 3.06. The molecule has 0 bridgehead atoms. The average molecular weight is 337 g/mol. The number of nitrogens with one attached hydrogen (secondary N) is 1. The van der Waals surface area contributed by atoms with Gasteiger partial charge in [-0.3, -0.25) is 4.79 Å². The number of halogens is 3. The molecule has 18 heavy (non-hydrogen) atoms. The van der Waals surface area contributed by atoms with Crippen molar-refractivity contribution in [1.29, 1.82) is 0 Å². The van der Waals surface area contributed by atoms with Crippen molar-refractivity contribution >= 4 is 33.4 Å². The van der Waals surface area contributed by atoms with Crippen molar-refractivity contribution in [3.63, 3.8) is 0 Å². The topological polar surface area (TPSA) is 49.3 Å². The number of carbonyl (C=O) groups excluding carboxylic acids is 1. The molecule has 1 saturated carbocycles. The predicted octanol–water partition coefficient (Wildman–Crippen LogP) is 2.15. The van der Waals surface area contributed by atoms with Gasteiger partial charge in [-0.15, -0.1) is 11.6 Å². The minimum atomic E-state index is -0.825. The van der Waals surface area contributed by atoms with Crippen molar-refractivity contribution in [3.8, 4) is 0 Å². The summed E-state index contributed by atoms with van der Waals surface area (Å²) in [7, 11) is 0. The summed E-state index contributed by atoms with van der Waals surface area (Å²) >= 11 is 8.73. The van der Waals surface area contributed by atoms with Gasteiger partial charge in [0, 0.05) is 22.6 Å². The van der Waals surface area contributed by atoms with E-state index >= 15 is 0 Å². The molecule has 0 aromatic heterocycles. The molecule has 1 aromatic rings. The fourth-order valence-corrected chi connectivity index (χ4v) is 2.65. The molecule has 1 aromatic carbocycles. The number of rotatable bonds is 4. The van der Waals surface area contributed by atoms with Crippen LogP contribution in [0.4, 0.5) is 4.39 Å². The van der Waals surface area contributed by atoms with E-state index in [1.165, 1.54) is 6.07 Å². The molecule has 0 radical (unpaired) electrons. The first-order chi connectivity index (χ1) is 8.53. The molecule has 98 valence electrons. The van der Waals surface area contributed by atoms with Crippen LogP contribution >= 0.6 is 27.5 Å². The minimum absolute atomic E-state index is 0.103. The lowest BCUT2D eigenvalue weighted by Gasteiger charge is -2.20. The van der Waals surface area contributed by atoms with E-state index in [4.69, 9.17) is 11.6 Å². The molecule has 1 fully saturated rings. The van der Waals surface area contributed by atoms with Gasteiger partial charge >= 0.3 is 0 Å². The van der Waals surface area contributed by atoms with Gasteiger partial charge in [0.2, 0.25) is 5.91 Å². The Hall–Kier alpha value is -0.650. The van der Waals surface area contributed by atoms with Crippen LogP contribution in [-0.2, 0) is 10.3 Å². The number of amides is 1. The summed E-state index contributed by atoms with van der Waals surface area (Å²) in [6.45, 7) is -0.103. The van der Waals surface area contributed by atoms with Crippen LogP contribution in [0, 0.1) is 11.7 Å². The molecule has 3 nitrogen and oxygen atoms in total. The molecule has 0 spiro atoms. The largest absolute Gasteiger partial charge is 0.396 e. The Bertz CT molecular complexity index is 485. The summed E-state index contributed by atoms with van der Waals surface area (Å²) in [5, 5.41) is 11.9. The Morgan fingerprint density at radius 1 is 1.67 bits per heavy atom. The van der Waals surface area contributed by atoms with E-state index in [2.05, 4.69) is 21.2 Å². The molecule has 1 amide bonds. The SMILES string of the molecule is O=C(CCl)N[C@@]1(c2cc(Br)ccc2F)C[C@H]1CO. The first-order valence-electron chi connectivity index (χ1n) is 5.47. The Morgan fingerprint density at radius 3 is 2.94 bits per heavy atom. The third kappa shape index (κ3) is 2.39. The lowest BCUT2D eigenvalue weighted by molar-refractivity contribution is -0.119. The van der Waals surface area contributed by atoms with Crippen LogP contribution in [0.5, 0.6) is 0 Å². The number of alkyl halides is 1. The van der Waals surface area contributed by atoms with Crippen LogP contribution in [0.1, 0.15) is 12.0 Å². The molecule has 0 unspecified atom stereocenters. The highest BCUT2D eigenvalue weighted by molar-refractivity contribution is 9.10. The maximum atomic E-state index is 13.9. The van der Waals surface area contributed by atoms with Crippen molar-refractivity contribution in [2.45, 2.75) is 12.0 Å². The molecule has 0 saturated heterocycles. The van der Waals surface area contributed by atoms with E-state index in [1.807, 2.05) is 0 Å². The Balaban J connectivity index is 2.36. The Kier molecular flexibility index (Phi) is 3.94. The monoisotopic (exact) mass is 335 g/mol. The van der Waals surface area contributed by atoms with Gasteiger partial charge in [-0.05, 0) is 24.6 Å². The number of hydrogen-bond acceptors (Lipinski definition) is 2. The van der Waals surface area contributed by atoms with Crippen LogP contribution in [0.3, 0.4) is 0 Å². The Morgan fingerprint density at radius 2 is 2.39 bits per heavy atom. The smallest absolute Gasteiger partial charge is 0.235 e. The number of hydrogen-bond donors (Lipinski definition) is 2. The number of aliphatic hydroxyl groups excluding tert-OH is 1. The van der Waals surface area contributed by atoms with Gasteiger partial charge in [0.15, 0.2) is 0 Å². The highest BCUT2D eigenvalue weighted by Crippen LogP contribution is 2.52. The lowest BCUT2D eigenvalue weighted by atomic mass is 10.0. The molecule has 1 aliphatic rings. The first-order valence-corrected chi connectivity index (χ1v) is 6.79. The van der Waals surface area contributed by atoms with E-state index in [0.717, 1.165) is 4.47 Å². The van der Waals surface area contributed by atoms with E-state index in [1.54, 1.807) is 12.1 Å². The summed E-state index contributed by atoms with van der Waals surface area (Å²) in [6, 6.07) is 4.55. The van der Waals surface area contributed by atoms with Gasteiger partial charge in [-0.2, -0.15) is 0 Å². The van der Waals surface area contributed by atoms with Crippen LogP contribution in [0.2, 0.25) is 0 Å². The molecule has 2 N–H and O–H groups in total. The van der Waals surface area contributed by atoms with Gasteiger partial charge in [0.25, 0.3) is 0 Å². The maximum absolute atomic E-state index is 13.9. The predicted molar refractivity (Wildman–Crippen MR) is 69.8 cm³/mol. The zero-order valence-electron chi connectivity index (χ0n) is 9.42. The first kappa shape index (κ1) is 13.8. The van der Waals surface area contributed by atoms with E-state index in [9.17, 15) is 14.3 Å². The van der Waals surface area contributed by atoms with Crippen molar-refractivity contribution in [2.24, 2.45) is 5.92 Å². The third-order valence-corrected chi connectivity index (χ3v) is 3.95. The second-order valence-corrected chi connectivity index (χ2v) is 5.54. The maximum Gasteiger partial charge on any atom is 0.235 e. The van der Waals surface area contributed by atoms with Crippen molar-refractivity contribution in [3.05, 3.63) is 34.1 Å². The minimum Gasteiger partial charge on any atom is -0.396 e. The highest BCUT2D eigenvalue weighted by atomic mass is 79.9. The molecule has 1 aliphatic carbocycles. The van der Waals surface area contributed by atoms with E-state index < -0.39 is 11.4 Å². The lowest BCUT2D eigenvalue weighted by Crippen LogP contribution is -2.38. The Labute approximate surface area is 117 Å². The van der Waals surface area contributed by atoms with Gasteiger partial charge in [-0.1, -0.05) is 15.9 Å². The van der Waals surface area contributed by atoms with Crippen molar-refractivity contribution in [1.82, 2.24) is 5.32 Å². The van der Waals surface area contributed by atoms with E-state index in [0.29, 0.717) is 12.0 Å². The molecule has 6 heteroatoms. The molecule has 0 aliphatic heterocycles. The summed E-state index contributed by atoms with van der Waals surface area (Å²) < 4.78 is 14.6. The van der Waals surface area contributed by atoms with E-state index in [-0.39, 0.29) is 24.3 Å². The van der Waals surface area contributed by atoms with Gasteiger partial charge in [0.1, 0.15) is 11.7 Å². The summed E-state index contributed by atoms with van der Waals surface area (Å²) in [4.78, 5) is 11.4. The van der Waals surface area contributed by atoms with Crippen LogP contribution in [0.15, 0.2) is 22.7 Å². The zero-order valence-corrected chi connectivity index (χ0v) is 11.8. The van der Waals surface area contributed by atoms with Gasteiger partial charge < -0.3 is 10.4 Å². The van der Waals surface area contributed by atoms with Crippen LogP contribution in [0.25, 0.3) is 0 Å². The molecule has 0 heterocycles.